The third kappa shape index (κ3) is 3.48. The van der Waals surface area contributed by atoms with Crippen LogP contribution in [-0.4, -0.2) is 24.9 Å². The second kappa shape index (κ2) is 6.91. The quantitative estimate of drug-likeness (QED) is 0.655. The van der Waals surface area contributed by atoms with Gasteiger partial charge in [0.25, 0.3) is 0 Å². The lowest BCUT2D eigenvalue weighted by molar-refractivity contribution is 0.311. The van der Waals surface area contributed by atoms with Crippen molar-refractivity contribution in [2.45, 2.75) is 13.8 Å². The smallest absolute Gasteiger partial charge is 0.203 e. The minimum absolute atomic E-state index is 0.591. The maximum absolute atomic E-state index is 5.52. The van der Waals surface area contributed by atoms with Crippen LogP contribution in [0, 0.1) is 6.92 Å². The van der Waals surface area contributed by atoms with Gasteiger partial charge in [0.2, 0.25) is 5.13 Å². The van der Waals surface area contributed by atoms with Gasteiger partial charge in [-0.05, 0) is 26.0 Å². The molecule has 1 aromatic carbocycles. The zero-order valence-electron chi connectivity index (χ0n) is 11.7. The Morgan fingerprint density at radius 2 is 2.30 bits per heavy atom. The van der Waals surface area contributed by atoms with E-state index in [0.29, 0.717) is 18.1 Å². The Hall–Kier alpha value is -2.08. The first kappa shape index (κ1) is 14.3. The molecule has 2 rings (SSSR count). The van der Waals surface area contributed by atoms with E-state index >= 15 is 0 Å². The van der Waals surface area contributed by atoms with Crippen LogP contribution >= 0.6 is 11.3 Å². The third-order valence-corrected chi connectivity index (χ3v) is 3.36. The van der Waals surface area contributed by atoms with E-state index in [4.69, 9.17) is 9.47 Å². The lowest BCUT2D eigenvalue weighted by Crippen LogP contribution is -1.99. The number of nitrogens with one attached hydrogen (secondary N) is 1. The van der Waals surface area contributed by atoms with Crippen molar-refractivity contribution in [2.75, 3.05) is 19.1 Å². The van der Waals surface area contributed by atoms with Crippen LogP contribution in [0.3, 0.4) is 0 Å². The molecular formula is C14H17N3O2S. The summed E-state index contributed by atoms with van der Waals surface area (Å²) in [5.74, 6) is 1.39. The highest BCUT2D eigenvalue weighted by atomic mass is 32.1. The van der Waals surface area contributed by atoms with Gasteiger partial charge in [0, 0.05) is 10.9 Å². The SMILES string of the molecule is CCOc1cccc(/C=N\Nc2nc(C)cs2)c1OC. The average Bonchev–Trinajstić information content (AvgIpc) is 2.85. The highest BCUT2D eigenvalue weighted by molar-refractivity contribution is 7.13. The minimum Gasteiger partial charge on any atom is -0.492 e. The number of hydrogen-bond donors (Lipinski definition) is 1. The molecule has 1 aromatic heterocycles. The number of hydrazone groups is 1. The summed E-state index contributed by atoms with van der Waals surface area (Å²) in [4.78, 5) is 4.27. The first-order valence-electron chi connectivity index (χ1n) is 6.25. The van der Waals surface area contributed by atoms with Crippen LogP contribution < -0.4 is 14.9 Å². The summed E-state index contributed by atoms with van der Waals surface area (Å²) < 4.78 is 10.9. The van der Waals surface area contributed by atoms with Crippen LogP contribution in [0.15, 0.2) is 28.7 Å². The Labute approximate surface area is 122 Å². The van der Waals surface area contributed by atoms with Crippen molar-refractivity contribution in [2.24, 2.45) is 5.10 Å². The van der Waals surface area contributed by atoms with E-state index < -0.39 is 0 Å². The molecule has 0 fully saturated rings. The summed E-state index contributed by atoms with van der Waals surface area (Å²) >= 11 is 1.51. The molecule has 0 radical (unpaired) electrons. The Bertz CT molecular complexity index is 596. The number of rotatable bonds is 6. The zero-order valence-corrected chi connectivity index (χ0v) is 12.5. The van der Waals surface area contributed by atoms with Gasteiger partial charge in [0.15, 0.2) is 11.5 Å². The van der Waals surface area contributed by atoms with Crippen molar-refractivity contribution in [1.82, 2.24) is 4.98 Å². The number of ether oxygens (including phenoxy) is 2. The Morgan fingerprint density at radius 1 is 1.45 bits per heavy atom. The van der Waals surface area contributed by atoms with Gasteiger partial charge in [-0.3, -0.25) is 5.43 Å². The van der Waals surface area contributed by atoms with Gasteiger partial charge >= 0.3 is 0 Å². The molecule has 0 spiro atoms. The number of hydrogen-bond acceptors (Lipinski definition) is 6. The molecule has 20 heavy (non-hydrogen) atoms. The van der Waals surface area contributed by atoms with Crippen LogP contribution in [0.25, 0.3) is 0 Å². The van der Waals surface area contributed by atoms with Gasteiger partial charge in [-0.1, -0.05) is 6.07 Å². The molecule has 106 valence electrons. The third-order valence-electron chi connectivity index (χ3n) is 2.50. The van der Waals surface area contributed by atoms with Crippen LogP contribution in [0.4, 0.5) is 5.13 Å². The van der Waals surface area contributed by atoms with E-state index in [-0.39, 0.29) is 0 Å². The number of methoxy groups -OCH3 is 1. The molecule has 0 amide bonds. The van der Waals surface area contributed by atoms with Gasteiger partial charge in [-0.25, -0.2) is 4.98 Å². The fourth-order valence-corrected chi connectivity index (χ4v) is 2.32. The van der Waals surface area contributed by atoms with Crippen LogP contribution in [0.5, 0.6) is 11.5 Å². The molecule has 0 saturated heterocycles. The number of aromatic nitrogens is 1. The molecule has 1 N–H and O–H groups in total. The first-order valence-corrected chi connectivity index (χ1v) is 7.13. The Morgan fingerprint density at radius 3 is 2.95 bits per heavy atom. The van der Waals surface area contributed by atoms with Gasteiger partial charge < -0.3 is 9.47 Å². The van der Waals surface area contributed by atoms with Gasteiger partial charge in [0.1, 0.15) is 0 Å². The summed E-state index contributed by atoms with van der Waals surface area (Å²) in [6, 6.07) is 5.69. The molecule has 0 unspecified atom stereocenters. The molecule has 6 heteroatoms. The molecular weight excluding hydrogens is 274 g/mol. The van der Waals surface area contributed by atoms with E-state index in [1.165, 1.54) is 11.3 Å². The average molecular weight is 291 g/mol. The Kier molecular flexibility index (Phi) is 4.95. The normalized spacial score (nSPS) is 10.8. The molecule has 5 nitrogen and oxygen atoms in total. The van der Waals surface area contributed by atoms with Crippen molar-refractivity contribution >= 4 is 22.7 Å². The van der Waals surface area contributed by atoms with E-state index in [0.717, 1.165) is 16.4 Å². The van der Waals surface area contributed by atoms with Crippen LogP contribution in [0.1, 0.15) is 18.2 Å². The summed E-state index contributed by atoms with van der Waals surface area (Å²) in [7, 11) is 1.62. The van der Waals surface area contributed by atoms with E-state index in [1.54, 1.807) is 13.3 Å². The number of para-hydroxylation sites is 1. The molecule has 0 aliphatic carbocycles. The van der Waals surface area contributed by atoms with Crippen molar-refractivity contribution < 1.29 is 9.47 Å². The lowest BCUT2D eigenvalue weighted by atomic mass is 10.2. The zero-order chi connectivity index (χ0) is 14.4. The molecule has 2 aromatic rings. The molecule has 0 aliphatic rings. The molecule has 0 bridgehead atoms. The largest absolute Gasteiger partial charge is 0.492 e. The van der Waals surface area contributed by atoms with E-state index in [9.17, 15) is 0 Å². The van der Waals surface area contributed by atoms with E-state index in [1.807, 2.05) is 37.4 Å². The second-order valence-electron chi connectivity index (χ2n) is 3.98. The number of nitrogens with zero attached hydrogens (tertiary/aromatic N) is 2. The van der Waals surface area contributed by atoms with Crippen molar-refractivity contribution in [3.05, 3.63) is 34.8 Å². The highest BCUT2D eigenvalue weighted by Gasteiger charge is 2.08. The predicted molar refractivity (Wildman–Crippen MR) is 82.2 cm³/mol. The maximum atomic E-state index is 5.52. The van der Waals surface area contributed by atoms with Gasteiger partial charge in [-0.15, -0.1) is 11.3 Å². The number of anilines is 1. The summed E-state index contributed by atoms with van der Waals surface area (Å²) in [5.41, 5.74) is 4.72. The fourth-order valence-electron chi connectivity index (χ4n) is 1.68. The molecule has 0 aliphatic heterocycles. The summed E-state index contributed by atoms with van der Waals surface area (Å²) in [5, 5.41) is 6.90. The highest BCUT2D eigenvalue weighted by Crippen LogP contribution is 2.29. The number of benzene rings is 1. The fraction of sp³-hybridized carbons (Fsp3) is 0.286. The minimum atomic E-state index is 0.591. The number of thiazole rings is 1. The monoisotopic (exact) mass is 291 g/mol. The van der Waals surface area contributed by atoms with E-state index in [2.05, 4.69) is 15.5 Å². The second-order valence-corrected chi connectivity index (χ2v) is 4.83. The number of aryl methyl sites for hydroxylation is 1. The maximum Gasteiger partial charge on any atom is 0.203 e. The van der Waals surface area contributed by atoms with Crippen molar-refractivity contribution in [3.63, 3.8) is 0 Å². The summed E-state index contributed by atoms with van der Waals surface area (Å²) in [6.07, 6.45) is 1.69. The lowest BCUT2D eigenvalue weighted by Gasteiger charge is -2.10. The molecule has 0 saturated carbocycles. The van der Waals surface area contributed by atoms with Gasteiger partial charge in [0.05, 0.1) is 25.6 Å². The Balaban J connectivity index is 2.13. The molecule has 1 heterocycles. The predicted octanol–water partition coefficient (Wildman–Crippen LogP) is 3.30. The van der Waals surface area contributed by atoms with Crippen molar-refractivity contribution in [3.8, 4) is 11.5 Å². The van der Waals surface area contributed by atoms with Crippen LogP contribution in [-0.2, 0) is 0 Å². The first-order chi connectivity index (χ1) is 9.74. The van der Waals surface area contributed by atoms with Crippen LogP contribution in [0.2, 0.25) is 0 Å². The molecule has 0 atom stereocenters. The topological polar surface area (TPSA) is 55.7 Å². The van der Waals surface area contributed by atoms with Crippen molar-refractivity contribution in [1.29, 1.82) is 0 Å². The summed E-state index contributed by atoms with van der Waals surface area (Å²) in [6.45, 7) is 4.47. The van der Waals surface area contributed by atoms with Gasteiger partial charge in [-0.2, -0.15) is 5.10 Å². The standard InChI is InChI=1S/C14H17N3O2S/c1-4-19-12-7-5-6-11(13(12)18-3)8-15-17-14-16-10(2)9-20-14/h5-9H,4H2,1-3H3,(H,16,17)/b15-8-.